The lowest BCUT2D eigenvalue weighted by Gasteiger charge is -2.34. The molecule has 0 spiro atoms. The van der Waals surface area contributed by atoms with Crippen molar-refractivity contribution in [3.63, 3.8) is 0 Å². The van der Waals surface area contributed by atoms with Gasteiger partial charge in [-0.3, -0.25) is 13.9 Å². The standard InChI is InChI=1S/C37H39Cl2N3O4S/c1-26-17-20-34(27(2)21-26)42(47(45,46)31-15-7-4-8-16-31)25-36(43)41(24-29-18-19-32(38)33(39)22-29)35(23-28-11-5-3-6-12-28)37(44)40-30-13-9-10-14-30/h3-8,11-12,15-22,30,35H,9-10,13-14,23-25H2,1-2H3,(H,40,44)/t35-/m1/s1. The number of rotatable bonds is 12. The molecule has 2 amide bonds. The minimum absolute atomic E-state index is 0.0113. The lowest BCUT2D eigenvalue weighted by Crippen LogP contribution is -2.54. The van der Waals surface area contributed by atoms with Gasteiger partial charge in [0.25, 0.3) is 10.0 Å². The summed E-state index contributed by atoms with van der Waals surface area (Å²) in [5.41, 5.74) is 3.57. The maximum Gasteiger partial charge on any atom is 0.264 e. The average Bonchev–Trinajstić information content (AvgIpc) is 3.57. The molecule has 0 aromatic heterocycles. The first-order chi connectivity index (χ1) is 22.5. The zero-order valence-corrected chi connectivity index (χ0v) is 28.9. The minimum Gasteiger partial charge on any atom is -0.352 e. The molecule has 0 unspecified atom stereocenters. The summed E-state index contributed by atoms with van der Waals surface area (Å²) in [6, 6.07) is 27.1. The lowest BCUT2D eigenvalue weighted by molar-refractivity contribution is -0.140. The Morgan fingerprint density at radius 1 is 0.830 bits per heavy atom. The van der Waals surface area contributed by atoms with Gasteiger partial charge in [0, 0.05) is 19.0 Å². The molecule has 4 aromatic rings. The molecule has 0 heterocycles. The molecule has 10 heteroatoms. The number of halogens is 2. The van der Waals surface area contributed by atoms with Gasteiger partial charge in [-0.1, -0.05) is 108 Å². The minimum atomic E-state index is -4.18. The molecule has 0 radical (unpaired) electrons. The normalized spacial score (nSPS) is 14.0. The third-order valence-corrected chi connectivity index (χ3v) is 11.1. The Labute approximate surface area is 287 Å². The van der Waals surface area contributed by atoms with Gasteiger partial charge in [-0.15, -0.1) is 0 Å². The van der Waals surface area contributed by atoms with Gasteiger partial charge in [-0.25, -0.2) is 8.42 Å². The SMILES string of the molecule is Cc1ccc(N(CC(=O)N(Cc2ccc(Cl)c(Cl)c2)[C@H](Cc2ccccc2)C(=O)NC2CCCC2)S(=O)(=O)c2ccccc2)c(C)c1. The van der Waals surface area contributed by atoms with Crippen molar-refractivity contribution in [2.75, 3.05) is 10.8 Å². The van der Waals surface area contributed by atoms with Gasteiger partial charge in [-0.2, -0.15) is 0 Å². The number of amides is 2. The maximum absolute atomic E-state index is 14.7. The molecule has 1 saturated carbocycles. The van der Waals surface area contributed by atoms with Gasteiger partial charge in [0.05, 0.1) is 20.6 Å². The third-order valence-electron chi connectivity index (χ3n) is 8.54. The topological polar surface area (TPSA) is 86.8 Å². The summed E-state index contributed by atoms with van der Waals surface area (Å²) in [4.78, 5) is 30.4. The van der Waals surface area contributed by atoms with Crippen molar-refractivity contribution in [1.29, 1.82) is 0 Å². The maximum atomic E-state index is 14.7. The van der Waals surface area contributed by atoms with Crippen LogP contribution in [0.1, 0.15) is 47.9 Å². The smallest absolute Gasteiger partial charge is 0.264 e. The number of benzene rings is 4. The fraction of sp³-hybridized carbons (Fsp3) is 0.297. The highest BCUT2D eigenvalue weighted by Gasteiger charge is 2.36. The largest absolute Gasteiger partial charge is 0.352 e. The predicted octanol–water partition coefficient (Wildman–Crippen LogP) is 7.50. The van der Waals surface area contributed by atoms with Crippen molar-refractivity contribution in [3.8, 4) is 0 Å². The Morgan fingerprint density at radius 3 is 2.13 bits per heavy atom. The number of hydrogen-bond donors (Lipinski definition) is 1. The zero-order valence-electron chi connectivity index (χ0n) is 26.5. The second kappa shape index (κ2) is 15.4. The molecular formula is C37H39Cl2N3O4S. The predicted molar refractivity (Wildman–Crippen MR) is 188 cm³/mol. The van der Waals surface area contributed by atoms with Crippen molar-refractivity contribution >= 4 is 50.7 Å². The summed E-state index contributed by atoms with van der Waals surface area (Å²) in [5, 5.41) is 3.86. The summed E-state index contributed by atoms with van der Waals surface area (Å²) in [6.07, 6.45) is 4.05. The second-order valence-corrected chi connectivity index (χ2v) is 14.8. The van der Waals surface area contributed by atoms with Gasteiger partial charge in [0.15, 0.2) is 0 Å². The van der Waals surface area contributed by atoms with Crippen LogP contribution in [0.4, 0.5) is 5.69 Å². The number of nitrogens with zero attached hydrogens (tertiary/aromatic N) is 2. The Morgan fingerprint density at radius 2 is 1.49 bits per heavy atom. The van der Waals surface area contributed by atoms with E-state index < -0.39 is 28.5 Å². The number of carbonyl (C=O) groups excluding carboxylic acids is 2. The third kappa shape index (κ3) is 8.55. The van der Waals surface area contributed by atoms with Crippen LogP contribution in [0, 0.1) is 13.8 Å². The highest BCUT2D eigenvalue weighted by Crippen LogP contribution is 2.29. The summed E-state index contributed by atoms with van der Waals surface area (Å²) < 4.78 is 29.6. The fourth-order valence-electron chi connectivity index (χ4n) is 6.07. The fourth-order valence-corrected chi connectivity index (χ4v) is 7.89. The van der Waals surface area contributed by atoms with Gasteiger partial charge in [0.1, 0.15) is 12.6 Å². The van der Waals surface area contributed by atoms with Crippen LogP contribution in [-0.4, -0.2) is 43.8 Å². The number of hydrogen-bond acceptors (Lipinski definition) is 4. The molecule has 7 nitrogen and oxygen atoms in total. The molecule has 1 atom stereocenters. The van der Waals surface area contributed by atoms with Crippen LogP contribution in [0.25, 0.3) is 0 Å². The highest BCUT2D eigenvalue weighted by molar-refractivity contribution is 7.92. The summed E-state index contributed by atoms with van der Waals surface area (Å²) in [5.74, 6) is -0.809. The van der Waals surface area contributed by atoms with Gasteiger partial charge in [0.2, 0.25) is 11.8 Å². The molecule has 0 aliphatic heterocycles. The van der Waals surface area contributed by atoms with Crippen molar-refractivity contribution in [3.05, 3.63) is 129 Å². The number of nitrogens with one attached hydrogen (secondary N) is 1. The molecule has 1 aliphatic rings. The molecule has 5 rings (SSSR count). The molecule has 4 aromatic carbocycles. The van der Waals surface area contributed by atoms with Crippen LogP contribution < -0.4 is 9.62 Å². The summed E-state index contributed by atoms with van der Waals surface area (Å²) in [7, 11) is -4.18. The van der Waals surface area contributed by atoms with Crippen molar-refractivity contribution in [2.24, 2.45) is 0 Å². The van der Waals surface area contributed by atoms with E-state index >= 15 is 0 Å². The molecule has 47 heavy (non-hydrogen) atoms. The monoisotopic (exact) mass is 691 g/mol. The Hall–Kier alpha value is -3.85. The van der Waals surface area contributed by atoms with E-state index in [4.69, 9.17) is 23.2 Å². The van der Waals surface area contributed by atoms with Crippen LogP contribution >= 0.6 is 23.2 Å². The van der Waals surface area contributed by atoms with Crippen LogP contribution in [0.2, 0.25) is 10.0 Å². The van der Waals surface area contributed by atoms with Crippen LogP contribution in [-0.2, 0) is 32.6 Å². The van der Waals surface area contributed by atoms with E-state index in [2.05, 4.69) is 5.32 Å². The molecule has 1 aliphatic carbocycles. The van der Waals surface area contributed by atoms with Crippen LogP contribution in [0.5, 0.6) is 0 Å². The second-order valence-electron chi connectivity index (χ2n) is 12.1. The van der Waals surface area contributed by atoms with E-state index in [0.717, 1.165) is 41.1 Å². The Kier molecular flexibility index (Phi) is 11.3. The molecule has 1 N–H and O–H groups in total. The first-order valence-electron chi connectivity index (χ1n) is 15.8. The summed E-state index contributed by atoms with van der Waals surface area (Å²) in [6.45, 7) is 3.23. The number of anilines is 1. The highest BCUT2D eigenvalue weighted by atomic mass is 35.5. The number of sulfonamides is 1. The van der Waals surface area contributed by atoms with E-state index in [9.17, 15) is 18.0 Å². The van der Waals surface area contributed by atoms with Gasteiger partial charge < -0.3 is 10.2 Å². The van der Waals surface area contributed by atoms with Crippen LogP contribution in [0.15, 0.2) is 102 Å². The molecular weight excluding hydrogens is 653 g/mol. The Bertz CT molecular complexity index is 1810. The quantitative estimate of drug-likeness (QED) is 0.167. The Balaban J connectivity index is 1.59. The van der Waals surface area contributed by atoms with Crippen molar-refractivity contribution < 1.29 is 18.0 Å². The molecule has 1 fully saturated rings. The van der Waals surface area contributed by atoms with E-state index in [1.165, 1.54) is 17.0 Å². The van der Waals surface area contributed by atoms with Gasteiger partial charge in [-0.05, 0) is 73.7 Å². The molecule has 246 valence electrons. The van der Waals surface area contributed by atoms with E-state index in [0.29, 0.717) is 26.9 Å². The number of aryl methyl sites for hydroxylation is 2. The molecule has 0 bridgehead atoms. The number of carbonyl (C=O) groups is 2. The first kappa shape index (κ1) is 34.5. The summed E-state index contributed by atoms with van der Waals surface area (Å²) >= 11 is 12.6. The average molecular weight is 693 g/mol. The van der Waals surface area contributed by atoms with Crippen molar-refractivity contribution in [2.45, 2.75) is 69.5 Å². The van der Waals surface area contributed by atoms with E-state index in [1.54, 1.807) is 42.5 Å². The molecule has 0 saturated heterocycles. The first-order valence-corrected chi connectivity index (χ1v) is 18.0. The van der Waals surface area contributed by atoms with E-state index in [-0.39, 0.29) is 29.8 Å². The van der Waals surface area contributed by atoms with Crippen LogP contribution in [0.3, 0.4) is 0 Å². The zero-order chi connectivity index (χ0) is 33.6. The lowest BCUT2D eigenvalue weighted by atomic mass is 10.0. The van der Waals surface area contributed by atoms with Gasteiger partial charge >= 0.3 is 0 Å². The van der Waals surface area contributed by atoms with Crippen molar-refractivity contribution in [1.82, 2.24) is 10.2 Å². The van der Waals surface area contributed by atoms with E-state index in [1.807, 2.05) is 56.3 Å².